The lowest BCUT2D eigenvalue weighted by Gasteiger charge is -2.29. The van der Waals surface area contributed by atoms with Gasteiger partial charge in [-0.15, -0.1) is 0 Å². The molecular formula is C20H28N2O3. The van der Waals surface area contributed by atoms with Gasteiger partial charge in [-0.2, -0.15) is 0 Å². The van der Waals surface area contributed by atoms with E-state index in [0.29, 0.717) is 5.91 Å². The Hall–Kier alpha value is -2.17. The fraction of sp³-hybridized carbons (Fsp3) is 0.550. The van der Waals surface area contributed by atoms with Crippen LogP contribution < -0.4 is 14.4 Å². The molecule has 5 heteroatoms. The minimum atomic E-state index is 0.154. The summed E-state index contributed by atoms with van der Waals surface area (Å²) >= 11 is 0. The number of nitrogens with zero attached hydrogens (tertiary/aromatic N) is 2. The van der Waals surface area contributed by atoms with Crippen LogP contribution in [-0.4, -0.2) is 51.2 Å². The van der Waals surface area contributed by atoms with Crippen LogP contribution in [0, 0.1) is 5.92 Å². The van der Waals surface area contributed by atoms with Crippen molar-refractivity contribution in [3.8, 4) is 11.5 Å². The minimum absolute atomic E-state index is 0.154. The van der Waals surface area contributed by atoms with Crippen molar-refractivity contribution < 1.29 is 14.3 Å². The van der Waals surface area contributed by atoms with Crippen LogP contribution in [0.3, 0.4) is 0 Å². The van der Waals surface area contributed by atoms with Gasteiger partial charge in [0.25, 0.3) is 0 Å². The van der Waals surface area contributed by atoms with Gasteiger partial charge in [0.2, 0.25) is 5.91 Å². The lowest BCUT2D eigenvalue weighted by Crippen LogP contribution is -2.42. The number of allylic oxidation sites excluding steroid dienone is 2. The van der Waals surface area contributed by atoms with E-state index in [1.165, 1.54) is 0 Å². The second kappa shape index (κ2) is 7.81. The van der Waals surface area contributed by atoms with Gasteiger partial charge in [-0.3, -0.25) is 4.79 Å². The second-order valence-corrected chi connectivity index (χ2v) is 6.89. The minimum Gasteiger partial charge on any atom is -0.497 e. The molecule has 1 saturated heterocycles. The Morgan fingerprint density at radius 3 is 2.44 bits per heavy atom. The fourth-order valence-electron chi connectivity index (χ4n) is 3.75. The van der Waals surface area contributed by atoms with Crippen molar-refractivity contribution in [3.05, 3.63) is 30.4 Å². The number of hydrogen-bond acceptors (Lipinski definition) is 4. The van der Waals surface area contributed by atoms with Crippen LogP contribution in [0.4, 0.5) is 5.69 Å². The van der Waals surface area contributed by atoms with Crippen molar-refractivity contribution >= 4 is 11.6 Å². The summed E-state index contributed by atoms with van der Waals surface area (Å²) in [5.74, 6) is 2.02. The maximum atomic E-state index is 12.8. The molecule has 5 nitrogen and oxygen atoms in total. The number of amides is 1. The van der Waals surface area contributed by atoms with E-state index in [1.807, 2.05) is 30.1 Å². The molecule has 1 heterocycles. The predicted molar refractivity (Wildman–Crippen MR) is 99.4 cm³/mol. The monoisotopic (exact) mass is 344 g/mol. The van der Waals surface area contributed by atoms with E-state index in [4.69, 9.17) is 9.47 Å². The summed E-state index contributed by atoms with van der Waals surface area (Å²) in [4.78, 5) is 17.0. The van der Waals surface area contributed by atoms with Crippen LogP contribution in [-0.2, 0) is 4.79 Å². The Balaban J connectivity index is 1.66. The van der Waals surface area contributed by atoms with Crippen LogP contribution in [0.15, 0.2) is 30.4 Å². The molecule has 1 amide bonds. The molecule has 0 radical (unpaired) electrons. The van der Waals surface area contributed by atoms with Gasteiger partial charge in [0.05, 0.1) is 20.3 Å². The molecule has 0 saturated carbocycles. The summed E-state index contributed by atoms with van der Waals surface area (Å²) in [6, 6.07) is 6.19. The highest BCUT2D eigenvalue weighted by atomic mass is 16.5. The molecule has 3 rings (SSSR count). The van der Waals surface area contributed by atoms with Gasteiger partial charge < -0.3 is 19.3 Å². The average Bonchev–Trinajstić information content (AvgIpc) is 3.17. The number of ether oxygens (including phenoxy) is 2. The Morgan fingerprint density at radius 1 is 1.12 bits per heavy atom. The Morgan fingerprint density at radius 2 is 1.84 bits per heavy atom. The molecule has 136 valence electrons. The third-order valence-corrected chi connectivity index (χ3v) is 5.38. The topological polar surface area (TPSA) is 42.0 Å². The molecule has 1 aromatic carbocycles. The largest absolute Gasteiger partial charge is 0.497 e. The summed E-state index contributed by atoms with van der Waals surface area (Å²) in [6.45, 7) is 1.78. The summed E-state index contributed by atoms with van der Waals surface area (Å²) in [5, 5.41) is 0. The van der Waals surface area contributed by atoms with Crippen molar-refractivity contribution in [1.29, 1.82) is 0 Å². The van der Waals surface area contributed by atoms with Crippen LogP contribution >= 0.6 is 0 Å². The number of hydrogen-bond donors (Lipinski definition) is 0. The standard InChI is InChI=1S/C20H28N2O3/c1-21(20(23)15-7-5-4-6-8-15)16-9-10-22(14-16)17-11-18(24-2)13-19(12-17)25-3/h4-5,11-13,15-16H,6-10,14H2,1-3H3/t15-,16+/m0/s1. The highest BCUT2D eigenvalue weighted by molar-refractivity contribution is 5.79. The van der Waals surface area contributed by atoms with Gasteiger partial charge in [-0.25, -0.2) is 0 Å². The van der Waals surface area contributed by atoms with Gasteiger partial charge in [0.15, 0.2) is 0 Å². The molecule has 2 atom stereocenters. The first-order chi connectivity index (χ1) is 12.1. The van der Waals surface area contributed by atoms with Gasteiger partial charge in [-0.1, -0.05) is 12.2 Å². The van der Waals surface area contributed by atoms with E-state index in [9.17, 15) is 4.79 Å². The third-order valence-electron chi connectivity index (χ3n) is 5.38. The second-order valence-electron chi connectivity index (χ2n) is 6.89. The molecule has 1 aromatic rings. The zero-order chi connectivity index (χ0) is 17.8. The molecule has 1 aliphatic heterocycles. The lowest BCUT2D eigenvalue weighted by molar-refractivity contribution is -0.136. The van der Waals surface area contributed by atoms with Crippen LogP contribution in [0.1, 0.15) is 25.7 Å². The molecule has 0 unspecified atom stereocenters. The van der Waals surface area contributed by atoms with Gasteiger partial charge in [-0.05, 0) is 25.7 Å². The summed E-state index contributed by atoms with van der Waals surface area (Å²) in [6.07, 6.45) is 8.19. The van der Waals surface area contributed by atoms with E-state index in [0.717, 1.165) is 56.0 Å². The van der Waals surface area contributed by atoms with Crippen molar-refractivity contribution in [1.82, 2.24) is 4.90 Å². The molecular weight excluding hydrogens is 316 g/mol. The van der Waals surface area contributed by atoms with E-state index >= 15 is 0 Å². The number of carbonyl (C=O) groups is 1. The summed E-state index contributed by atoms with van der Waals surface area (Å²) in [7, 11) is 5.29. The molecule has 2 aliphatic rings. The number of anilines is 1. The van der Waals surface area contributed by atoms with Crippen molar-refractivity contribution in [2.75, 3.05) is 39.3 Å². The van der Waals surface area contributed by atoms with E-state index < -0.39 is 0 Å². The summed E-state index contributed by atoms with van der Waals surface area (Å²) < 4.78 is 10.7. The Labute approximate surface area is 150 Å². The first-order valence-corrected chi connectivity index (χ1v) is 9.02. The number of rotatable bonds is 5. The number of likely N-dealkylation sites (N-methyl/N-ethyl adjacent to an activating group) is 1. The third kappa shape index (κ3) is 3.91. The average molecular weight is 344 g/mol. The maximum Gasteiger partial charge on any atom is 0.226 e. The molecule has 0 N–H and O–H groups in total. The Kier molecular flexibility index (Phi) is 5.51. The zero-order valence-corrected chi connectivity index (χ0v) is 15.4. The van der Waals surface area contributed by atoms with Crippen LogP contribution in [0.2, 0.25) is 0 Å². The molecule has 1 fully saturated rings. The van der Waals surface area contributed by atoms with E-state index in [2.05, 4.69) is 17.1 Å². The van der Waals surface area contributed by atoms with Crippen molar-refractivity contribution in [2.24, 2.45) is 5.92 Å². The SMILES string of the molecule is COc1cc(OC)cc(N2CC[C@@H](N(C)C(=O)[C@H]3CC=CCC3)C2)c1. The molecule has 0 spiro atoms. The first-order valence-electron chi connectivity index (χ1n) is 9.02. The van der Waals surface area contributed by atoms with E-state index in [1.54, 1.807) is 14.2 Å². The molecule has 25 heavy (non-hydrogen) atoms. The quantitative estimate of drug-likeness (QED) is 0.770. The predicted octanol–water partition coefficient (Wildman–Crippen LogP) is 3.10. The summed E-state index contributed by atoms with van der Waals surface area (Å²) in [5.41, 5.74) is 1.08. The number of benzene rings is 1. The Bertz CT molecular complexity index is 622. The molecule has 1 aliphatic carbocycles. The maximum absolute atomic E-state index is 12.8. The van der Waals surface area contributed by atoms with E-state index in [-0.39, 0.29) is 12.0 Å². The smallest absolute Gasteiger partial charge is 0.226 e. The highest BCUT2D eigenvalue weighted by Gasteiger charge is 2.32. The highest BCUT2D eigenvalue weighted by Crippen LogP contribution is 2.31. The fourth-order valence-corrected chi connectivity index (χ4v) is 3.75. The van der Waals surface area contributed by atoms with Gasteiger partial charge in [0.1, 0.15) is 11.5 Å². The van der Waals surface area contributed by atoms with Crippen molar-refractivity contribution in [2.45, 2.75) is 31.7 Å². The van der Waals surface area contributed by atoms with Crippen molar-refractivity contribution in [3.63, 3.8) is 0 Å². The van der Waals surface area contributed by atoms with Crippen LogP contribution in [0.25, 0.3) is 0 Å². The van der Waals surface area contributed by atoms with Crippen LogP contribution in [0.5, 0.6) is 11.5 Å². The molecule has 0 bridgehead atoms. The number of carbonyl (C=O) groups excluding carboxylic acids is 1. The number of methoxy groups -OCH3 is 2. The lowest BCUT2D eigenvalue weighted by atomic mass is 9.93. The zero-order valence-electron chi connectivity index (χ0n) is 15.4. The molecule has 0 aromatic heterocycles. The van der Waals surface area contributed by atoms with Gasteiger partial charge in [0, 0.05) is 49.9 Å². The normalized spacial score (nSPS) is 22.8. The van der Waals surface area contributed by atoms with Gasteiger partial charge >= 0.3 is 0 Å². The first kappa shape index (κ1) is 17.6.